The molecule has 0 radical (unpaired) electrons. The Balaban J connectivity index is 2.11. The number of alkyl halides is 3. The van der Waals surface area contributed by atoms with Gasteiger partial charge in [-0.1, -0.05) is 17.7 Å². The van der Waals surface area contributed by atoms with Crippen molar-refractivity contribution in [3.8, 4) is 11.8 Å². The smallest absolute Gasteiger partial charge is 0.417 e. The van der Waals surface area contributed by atoms with E-state index >= 15 is 0 Å². The first kappa shape index (κ1) is 20.3. The highest BCUT2D eigenvalue weighted by molar-refractivity contribution is 5.97. The number of halogens is 3. The molecular formula is C19H17F3N2O3. The van der Waals surface area contributed by atoms with Crippen LogP contribution in [0.5, 0.6) is 5.75 Å². The van der Waals surface area contributed by atoms with Gasteiger partial charge < -0.3 is 15.2 Å². The number of hydrogen-bond donors (Lipinski definition) is 2. The molecule has 0 heterocycles. The number of nitriles is 1. The molecule has 2 aromatic carbocycles. The first-order valence-electron chi connectivity index (χ1n) is 7.87. The Bertz CT molecular complexity index is 869. The predicted molar refractivity (Wildman–Crippen MR) is 92.1 cm³/mol. The third-order valence-electron chi connectivity index (χ3n) is 3.73. The van der Waals surface area contributed by atoms with Crippen LogP contribution in [0.4, 0.5) is 18.9 Å². The van der Waals surface area contributed by atoms with Crippen LogP contribution < -0.4 is 10.1 Å². The maximum Gasteiger partial charge on any atom is 0.417 e. The number of nitrogens with zero attached hydrogens (tertiary/aromatic N) is 1. The Morgan fingerprint density at radius 1 is 1.22 bits per heavy atom. The maximum atomic E-state index is 13.0. The number of anilines is 1. The molecule has 0 saturated carbocycles. The zero-order valence-electron chi connectivity index (χ0n) is 14.6. The van der Waals surface area contributed by atoms with E-state index in [-0.39, 0.29) is 5.69 Å². The maximum absolute atomic E-state index is 13.0. The lowest BCUT2D eigenvalue weighted by Gasteiger charge is -2.23. The van der Waals surface area contributed by atoms with E-state index in [0.717, 1.165) is 17.7 Å². The van der Waals surface area contributed by atoms with Gasteiger partial charge in [-0.2, -0.15) is 18.4 Å². The molecule has 2 N–H and O–H groups in total. The number of amides is 1. The van der Waals surface area contributed by atoms with Crippen LogP contribution in [0.3, 0.4) is 0 Å². The van der Waals surface area contributed by atoms with Gasteiger partial charge in [0.1, 0.15) is 12.4 Å². The molecular weight excluding hydrogens is 361 g/mol. The fourth-order valence-corrected chi connectivity index (χ4v) is 2.14. The molecule has 0 aliphatic heterocycles. The highest BCUT2D eigenvalue weighted by Crippen LogP contribution is 2.33. The van der Waals surface area contributed by atoms with E-state index in [1.807, 2.05) is 6.92 Å². The van der Waals surface area contributed by atoms with Crippen molar-refractivity contribution < 1.29 is 27.8 Å². The number of benzene rings is 2. The van der Waals surface area contributed by atoms with Crippen LogP contribution in [0.15, 0.2) is 42.5 Å². The first-order chi connectivity index (χ1) is 12.5. The lowest BCUT2D eigenvalue weighted by atomic mass is 10.1. The van der Waals surface area contributed by atoms with Crippen molar-refractivity contribution in [1.82, 2.24) is 0 Å². The molecule has 0 unspecified atom stereocenters. The van der Waals surface area contributed by atoms with Gasteiger partial charge in [-0.25, -0.2) is 0 Å². The number of carbonyl (C=O) groups is 1. The van der Waals surface area contributed by atoms with Gasteiger partial charge in [0, 0.05) is 5.69 Å². The molecule has 1 amide bonds. The fraction of sp³-hybridized carbons (Fsp3) is 0.263. The quantitative estimate of drug-likeness (QED) is 0.832. The van der Waals surface area contributed by atoms with Gasteiger partial charge in [-0.3, -0.25) is 4.79 Å². The molecule has 0 aliphatic carbocycles. The van der Waals surface area contributed by atoms with Crippen LogP contribution in [0, 0.1) is 18.3 Å². The number of aliphatic hydroxyl groups is 1. The van der Waals surface area contributed by atoms with Gasteiger partial charge in [0.15, 0.2) is 5.60 Å². The standard InChI is InChI=1S/C19H17F3N2O3/c1-12-3-7-15(8-4-12)27-11-18(2,26)17(25)24-14-6-5-13(10-23)16(9-14)19(20,21)22/h3-9,26H,11H2,1-2H3,(H,24,25)/t18-/m1/s1. The fourth-order valence-electron chi connectivity index (χ4n) is 2.14. The van der Waals surface area contributed by atoms with Crippen molar-refractivity contribution in [3.05, 3.63) is 59.2 Å². The summed E-state index contributed by atoms with van der Waals surface area (Å²) >= 11 is 0. The largest absolute Gasteiger partial charge is 0.490 e. The van der Waals surface area contributed by atoms with Gasteiger partial charge >= 0.3 is 6.18 Å². The van der Waals surface area contributed by atoms with Crippen molar-refractivity contribution in [2.45, 2.75) is 25.6 Å². The molecule has 0 aliphatic rings. The lowest BCUT2D eigenvalue weighted by molar-refractivity contribution is -0.138. The zero-order valence-corrected chi connectivity index (χ0v) is 14.6. The van der Waals surface area contributed by atoms with Gasteiger partial charge in [0.25, 0.3) is 5.91 Å². The van der Waals surface area contributed by atoms with E-state index in [1.165, 1.54) is 13.0 Å². The molecule has 142 valence electrons. The average molecular weight is 378 g/mol. The second kappa shape index (κ2) is 7.68. The van der Waals surface area contributed by atoms with Gasteiger partial charge in [-0.05, 0) is 44.2 Å². The number of ether oxygens (including phenoxy) is 1. The molecule has 0 spiro atoms. The number of nitrogens with one attached hydrogen (secondary N) is 1. The van der Waals surface area contributed by atoms with Crippen molar-refractivity contribution in [1.29, 1.82) is 5.26 Å². The molecule has 8 heteroatoms. The van der Waals surface area contributed by atoms with Crippen molar-refractivity contribution in [2.24, 2.45) is 0 Å². The van der Waals surface area contributed by atoms with Crippen LogP contribution in [0.1, 0.15) is 23.6 Å². The Morgan fingerprint density at radius 2 is 1.85 bits per heavy atom. The summed E-state index contributed by atoms with van der Waals surface area (Å²) < 4.78 is 44.3. The SMILES string of the molecule is Cc1ccc(OC[C@@](C)(O)C(=O)Nc2ccc(C#N)c(C(F)(F)F)c2)cc1. The van der Waals surface area contributed by atoms with E-state index in [1.54, 1.807) is 24.3 Å². The number of carbonyl (C=O) groups excluding carboxylic acids is 1. The minimum absolute atomic E-state index is 0.193. The van der Waals surface area contributed by atoms with Gasteiger partial charge in [0.05, 0.1) is 17.2 Å². The van der Waals surface area contributed by atoms with Crippen LogP contribution >= 0.6 is 0 Å². The molecule has 0 saturated heterocycles. The van der Waals surface area contributed by atoms with E-state index in [2.05, 4.69) is 5.32 Å². The minimum Gasteiger partial charge on any atom is -0.490 e. The Kier molecular flexibility index (Phi) is 5.76. The van der Waals surface area contributed by atoms with Gasteiger partial charge in [-0.15, -0.1) is 0 Å². The van der Waals surface area contributed by atoms with Crippen molar-refractivity contribution in [3.63, 3.8) is 0 Å². The number of hydrogen-bond acceptors (Lipinski definition) is 4. The van der Waals surface area contributed by atoms with Crippen LogP contribution in [0.25, 0.3) is 0 Å². The number of rotatable bonds is 5. The molecule has 2 aromatic rings. The highest BCUT2D eigenvalue weighted by Gasteiger charge is 2.35. The summed E-state index contributed by atoms with van der Waals surface area (Å²) in [6, 6.07) is 11.1. The molecule has 0 bridgehead atoms. The van der Waals surface area contributed by atoms with E-state index < -0.39 is 35.4 Å². The summed E-state index contributed by atoms with van der Waals surface area (Å²) in [6.45, 7) is 2.68. The highest BCUT2D eigenvalue weighted by atomic mass is 19.4. The Hall–Kier alpha value is -3.05. The summed E-state index contributed by atoms with van der Waals surface area (Å²) in [4.78, 5) is 12.2. The second-order valence-corrected chi connectivity index (χ2v) is 6.20. The van der Waals surface area contributed by atoms with E-state index in [4.69, 9.17) is 10.00 Å². The summed E-state index contributed by atoms with van der Waals surface area (Å²) in [5.74, 6) is -0.501. The molecule has 0 aromatic heterocycles. The number of aryl methyl sites for hydroxylation is 1. The monoisotopic (exact) mass is 378 g/mol. The molecule has 0 fully saturated rings. The zero-order chi connectivity index (χ0) is 20.2. The Labute approximate surface area is 154 Å². The van der Waals surface area contributed by atoms with Crippen LogP contribution in [-0.2, 0) is 11.0 Å². The second-order valence-electron chi connectivity index (χ2n) is 6.20. The van der Waals surface area contributed by atoms with Crippen LogP contribution in [0.2, 0.25) is 0 Å². The molecule has 27 heavy (non-hydrogen) atoms. The normalized spacial score (nSPS) is 13.4. The molecule has 5 nitrogen and oxygen atoms in total. The predicted octanol–water partition coefficient (Wildman–Crippen LogP) is 3.65. The van der Waals surface area contributed by atoms with E-state index in [0.29, 0.717) is 11.8 Å². The molecule has 2 rings (SSSR count). The van der Waals surface area contributed by atoms with Crippen molar-refractivity contribution >= 4 is 11.6 Å². The minimum atomic E-state index is -4.75. The molecule has 1 atom stereocenters. The lowest BCUT2D eigenvalue weighted by Crippen LogP contribution is -2.45. The topological polar surface area (TPSA) is 82.3 Å². The van der Waals surface area contributed by atoms with Crippen molar-refractivity contribution in [2.75, 3.05) is 11.9 Å². The summed E-state index contributed by atoms with van der Waals surface area (Å²) in [6.07, 6.45) is -4.75. The summed E-state index contributed by atoms with van der Waals surface area (Å²) in [5.41, 5.74) is -2.90. The first-order valence-corrected chi connectivity index (χ1v) is 7.87. The Morgan fingerprint density at radius 3 is 2.41 bits per heavy atom. The van der Waals surface area contributed by atoms with Gasteiger partial charge in [0.2, 0.25) is 0 Å². The summed E-state index contributed by atoms with van der Waals surface area (Å²) in [5, 5.41) is 21.3. The van der Waals surface area contributed by atoms with Crippen LogP contribution in [-0.4, -0.2) is 23.2 Å². The average Bonchev–Trinajstić information content (AvgIpc) is 2.60. The third-order valence-corrected chi connectivity index (χ3v) is 3.73. The third kappa shape index (κ3) is 5.21. The summed E-state index contributed by atoms with van der Waals surface area (Å²) in [7, 11) is 0. The van der Waals surface area contributed by atoms with E-state index in [9.17, 15) is 23.1 Å².